The van der Waals surface area contributed by atoms with Gasteiger partial charge in [0.2, 0.25) is 11.8 Å². The molecule has 19 heavy (non-hydrogen) atoms. The Morgan fingerprint density at radius 1 is 1.16 bits per heavy atom. The van der Waals surface area contributed by atoms with E-state index >= 15 is 0 Å². The summed E-state index contributed by atoms with van der Waals surface area (Å²) in [5, 5.41) is 4.81. The number of nitrogens with two attached hydrogens (primary N) is 1. The van der Waals surface area contributed by atoms with Crippen LogP contribution in [0.5, 0.6) is 0 Å². The smallest absolute Gasteiger partial charge is 0.240 e. The Morgan fingerprint density at radius 3 is 2.47 bits per heavy atom. The van der Waals surface area contributed by atoms with Crippen molar-refractivity contribution in [2.24, 2.45) is 5.73 Å². The summed E-state index contributed by atoms with van der Waals surface area (Å²) in [6.45, 7) is 1.37. The first-order chi connectivity index (χ1) is 9.06. The summed E-state index contributed by atoms with van der Waals surface area (Å²) in [5.74, 6) is -0.784. The van der Waals surface area contributed by atoms with Gasteiger partial charge in [-0.1, -0.05) is 42.5 Å². The van der Waals surface area contributed by atoms with Crippen molar-refractivity contribution < 1.29 is 9.59 Å². The number of carbonyl (C=O) groups excluding carboxylic acids is 2. The van der Waals surface area contributed by atoms with Crippen LogP contribution in [-0.2, 0) is 16.0 Å². The fourth-order valence-electron chi connectivity index (χ4n) is 2.07. The lowest BCUT2D eigenvalue weighted by Crippen LogP contribution is -2.44. The molecular formula is C15H16N2O2. The summed E-state index contributed by atoms with van der Waals surface area (Å²) in [6.07, 6.45) is 0.403. The maximum atomic E-state index is 11.3. The highest BCUT2D eigenvalue weighted by Gasteiger charge is 2.16. The lowest BCUT2D eigenvalue weighted by molar-refractivity contribution is -0.126. The Morgan fingerprint density at radius 2 is 1.84 bits per heavy atom. The van der Waals surface area contributed by atoms with Crippen LogP contribution in [0, 0.1) is 0 Å². The minimum absolute atomic E-state index is 0.260. The second-order valence-electron chi connectivity index (χ2n) is 4.54. The first-order valence-corrected chi connectivity index (χ1v) is 6.10. The van der Waals surface area contributed by atoms with Gasteiger partial charge in [0, 0.05) is 13.3 Å². The normalized spacial score (nSPS) is 12.1. The van der Waals surface area contributed by atoms with E-state index in [2.05, 4.69) is 5.32 Å². The SMILES string of the molecule is CC(=O)N[C@@H](Cc1ccc2ccccc2c1)C(N)=O. The third-order valence-electron chi connectivity index (χ3n) is 2.97. The van der Waals surface area contributed by atoms with Crippen LogP contribution < -0.4 is 11.1 Å². The standard InChI is InChI=1S/C15H16N2O2/c1-10(18)17-14(15(16)19)9-11-6-7-12-4-2-3-5-13(12)8-11/h2-8,14H,9H2,1H3,(H2,16,19)(H,17,18)/t14-/m0/s1. The van der Waals surface area contributed by atoms with Gasteiger partial charge in [-0.25, -0.2) is 0 Å². The molecule has 0 heterocycles. The highest BCUT2D eigenvalue weighted by atomic mass is 16.2. The number of rotatable bonds is 4. The fourth-order valence-corrected chi connectivity index (χ4v) is 2.07. The Labute approximate surface area is 111 Å². The quantitative estimate of drug-likeness (QED) is 0.867. The van der Waals surface area contributed by atoms with Crippen molar-refractivity contribution in [2.45, 2.75) is 19.4 Å². The Bertz CT molecular complexity index is 622. The van der Waals surface area contributed by atoms with E-state index in [0.717, 1.165) is 16.3 Å². The van der Waals surface area contributed by atoms with E-state index in [1.807, 2.05) is 42.5 Å². The molecule has 4 heteroatoms. The zero-order valence-corrected chi connectivity index (χ0v) is 10.7. The van der Waals surface area contributed by atoms with Crippen molar-refractivity contribution in [3.63, 3.8) is 0 Å². The molecule has 0 spiro atoms. The molecule has 0 radical (unpaired) electrons. The van der Waals surface area contributed by atoms with Crippen LogP contribution in [0.15, 0.2) is 42.5 Å². The predicted octanol–water partition coefficient (Wildman–Crippen LogP) is 1.37. The topological polar surface area (TPSA) is 72.2 Å². The average molecular weight is 256 g/mol. The van der Waals surface area contributed by atoms with Gasteiger partial charge in [-0.15, -0.1) is 0 Å². The number of benzene rings is 2. The molecule has 0 bridgehead atoms. The van der Waals surface area contributed by atoms with Crippen molar-refractivity contribution in [3.05, 3.63) is 48.0 Å². The molecule has 0 aliphatic carbocycles. The van der Waals surface area contributed by atoms with Gasteiger partial charge in [0.05, 0.1) is 0 Å². The summed E-state index contributed by atoms with van der Waals surface area (Å²) in [5.41, 5.74) is 6.26. The van der Waals surface area contributed by atoms with Gasteiger partial charge in [0.15, 0.2) is 0 Å². The van der Waals surface area contributed by atoms with Crippen molar-refractivity contribution in [2.75, 3.05) is 0 Å². The van der Waals surface area contributed by atoms with E-state index in [4.69, 9.17) is 5.73 Å². The summed E-state index contributed by atoms with van der Waals surface area (Å²) < 4.78 is 0. The molecule has 2 aromatic carbocycles. The zero-order valence-electron chi connectivity index (χ0n) is 10.7. The monoisotopic (exact) mass is 256 g/mol. The first kappa shape index (κ1) is 13.1. The number of hydrogen-bond donors (Lipinski definition) is 2. The third-order valence-corrected chi connectivity index (χ3v) is 2.97. The van der Waals surface area contributed by atoms with Crippen LogP contribution in [0.2, 0.25) is 0 Å². The van der Waals surface area contributed by atoms with Gasteiger partial charge in [-0.05, 0) is 16.3 Å². The number of fused-ring (bicyclic) bond motifs is 1. The molecule has 0 aliphatic rings. The second kappa shape index (κ2) is 5.52. The van der Waals surface area contributed by atoms with E-state index in [9.17, 15) is 9.59 Å². The molecule has 0 saturated heterocycles. The minimum Gasteiger partial charge on any atom is -0.368 e. The maximum absolute atomic E-state index is 11.3. The molecule has 0 aromatic heterocycles. The molecule has 0 saturated carbocycles. The van der Waals surface area contributed by atoms with Crippen LogP contribution in [0.3, 0.4) is 0 Å². The van der Waals surface area contributed by atoms with Crippen molar-refractivity contribution in [3.8, 4) is 0 Å². The third kappa shape index (κ3) is 3.31. The molecule has 0 fully saturated rings. The van der Waals surface area contributed by atoms with Gasteiger partial charge in [0.25, 0.3) is 0 Å². The molecule has 3 N–H and O–H groups in total. The van der Waals surface area contributed by atoms with Crippen LogP contribution in [0.4, 0.5) is 0 Å². The molecule has 2 amide bonds. The Balaban J connectivity index is 2.23. The minimum atomic E-state index is -0.668. The molecule has 2 aromatic rings. The average Bonchev–Trinajstić information content (AvgIpc) is 2.37. The number of hydrogen-bond acceptors (Lipinski definition) is 2. The van der Waals surface area contributed by atoms with Crippen molar-refractivity contribution in [1.29, 1.82) is 0 Å². The predicted molar refractivity (Wildman–Crippen MR) is 74.5 cm³/mol. The van der Waals surface area contributed by atoms with Crippen LogP contribution in [-0.4, -0.2) is 17.9 Å². The maximum Gasteiger partial charge on any atom is 0.240 e. The zero-order chi connectivity index (χ0) is 13.8. The number of nitrogens with one attached hydrogen (secondary N) is 1. The molecule has 98 valence electrons. The largest absolute Gasteiger partial charge is 0.368 e. The van der Waals surface area contributed by atoms with E-state index in [1.165, 1.54) is 6.92 Å². The highest BCUT2D eigenvalue weighted by Crippen LogP contribution is 2.16. The highest BCUT2D eigenvalue weighted by molar-refractivity contribution is 5.86. The van der Waals surface area contributed by atoms with E-state index in [0.29, 0.717) is 6.42 Å². The molecule has 0 aliphatic heterocycles. The summed E-state index contributed by atoms with van der Waals surface area (Å²) in [4.78, 5) is 22.4. The summed E-state index contributed by atoms with van der Waals surface area (Å²) in [6, 6.07) is 13.3. The molecule has 0 unspecified atom stereocenters. The lowest BCUT2D eigenvalue weighted by Gasteiger charge is -2.14. The molecule has 4 nitrogen and oxygen atoms in total. The molecule has 1 atom stereocenters. The number of amides is 2. The van der Waals surface area contributed by atoms with Crippen LogP contribution >= 0.6 is 0 Å². The first-order valence-electron chi connectivity index (χ1n) is 6.10. The van der Waals surface area contributed by atoms with Crippen LogP contribution in [0.1, 0.15) is 12.5 Å². The second-order valence-corrected chi connectivity index (χ2v) is 4.54. The van der Waals surface area contributed by atoms with E-state index < -0.39 is 11.9 Å². The number of carbonyl (C=O) groups is 2. The van der Waals surface area contributed by atoms with E-state index in [1.54, 1.807) is 0 Å². The Hall–Kier alpha value is -2.36. The molecule has 2 rings (SSSR count). The van der Waals surface area contributed by atoms with Crippen molar-refractivity contribution >= 4 is 22.6 Å². The fraction of sp³-hybridized carbons (Fsp3) is 0.200. The van der Waals surface area contributed by atoms with Gasteiger partial charge in [-0.2, -0.15) is 0 Å². The Kier molecular flexibility index (Phi) is 3.80. The molecular weight excluding hydrogens is 240 g/mol. The van der Waals surface area contributed by atoms with Gasteiger partial charge >= 0.3 is 0 Å². The lowest BCUT2D eigenvalue weighted by atomic mass is 10.0. The van der Waals surface area contributed by atoms with Crippen LogP contribution in [0.25, 0.3) is 10.8 Å². The summed E-state index contributed by atoms with van der Waals surface area (Å²) in [7, 11) is 0. The van der Waals surface area contributed by atoms with E-state index in [-0.39, 0.29) is 5.91 Å². The number of primary amides is 1. The van der Waals surface area contributed by atoms with Gasteiger partial charge in [0.1, 0.15) is 6.04 Å². The van der Waals surface area contributed by atoms with Gasteiger partial charge in [-0.3, -0.25) is 9.59 Å². The van der Waals surface area contributed by atoms with Gasteiger partial charge < -0.3 is 11.1 Å². The summed E-state index contributed by atoms with van der Waals surface area (Å²) >= 11 is 0. The van der Waals surface area contributed by atoms with Crippen molar-refractivity contribution in [1.82, 2.24) is 5.32 Å².